The molecule has 3 N–H and O–H groups in total. The number of nitrogens with one attached hydrogen (secondary N) is 1. The van der Waals surface area contributed by atoms with Crippen molar-refractivity contribution in [2.45, 2.75) is 39.7 Å². The van der Waals surface area contributed by atoms with Crippen LogP contribution in [-0.4, -0.2) is 12.5 Å². The number of carbonyl (C=O) groups is 1. The Hall–Kier alpha value is -1.06. The third-order valence-corrected chi connectivity index (χ3v) is 4.16. The molecule has 0 aliphatic rings. The van der Waals surface area contributed by atoms with Crippen molar-refractivity contribution in [2.75, 3.05) is 6.54 Å². The number of halogens is 1. The van der Waals surface area contributed by atoms with Crippen LogP contribution in [0.4, 0.5) is 0 Å². The second kappa shape index (κ2) is 6.92. The highest BCUT2D eigenvalue weighted by Crippen LogP contribution is 2.27. The lowest BCUT2D eigenvalue weighted by atomic mass is 9.81. The molecule has 1 unspecified atom stereocenters. The highest BCUT2D eigenvalue weighted by atomic mass is 35.5. The summed E-state index contributed by atoms with van der Waals surface area (Å²) in [7, 11) is 0. The number of carbonyl (C=O) groups excluding carboxylic acids is 1. The van der Waals surface area contributed by atoms with Crippen molar-refractivity contribution in [3.05, 3.63) is 34.9 Å². The van der Waals surface area contributed by atoms with Gasteiger partial charge in [-0.25, -0.2) is 0 Å². The predicted molar refractivity (Wildman–Crippen MR) is 80.1 cm³/mol. The zero-order valence-corrected chi connectivity index (χ0v) is 12.6. The number of rotatable bonds is 6. The van der Waals surface area contributed by atoms with Gasteiger partial charge in [0.15, 0.2) is 0 Å². The van der Waals surface area contributed by atoms with E-state index in [1.54, 1.807) is 0 Å². The maximum absolute atomic E-state index is 12.4. The molecule has 4 heteroatoms. The lowest BCUT2D eigenvalue weighted by molar-refractivity contribution is -0.131. The molecule has 0 heterocycles. The average molecular weight is 283 g/mol. The van der Waals surface area contributed by atoms with Gasteiger partial charge in [-0.3, -0.25) is 4.79 Å². The predicted octanol–water partition coefficient (Wildman–Crippen LogP) is 3.28. The van der Waals surface area contributed by atoms with E-state index in [0.717, 1.165) is 18.4 Å². The third kappa shape index (κ3) is 3.71. The molecule has 0 aliphatic heterocycles. The fraction of sp³-hybridized carbons (Fsp3) is 0.533. The minimum absolute atomic E-state index is 0.0208. The number of benzene rings is 1. The van der Waals surface area contributed by atoms with Gasteiger partial charge in [-0.05, 0) is 37.5 Å². The normalized spacial score (nSPS) is 13.1. The maximum atomic E-state index is 12.4. The highest BCUT2D eigenvalue weighted by Gasteiger charge is 2.33. The standard InChI is InChI=1S/C15H23ClN2O/c1-4-15(5-2,10-17)14(19)18-11(3)12-7-6-8-13(16)9-12/h6-9,11H,4-5,10,17H2,1-3H3,(H,18,19). The van der Waals surface area contributed by atoms with E-state index in [1.165, 1.54) is 0 Å². The van der Waals surface area contributed by atoms with E-state index < -0.39 is 5.41 Å². The second-order valence-electron chi connectivity index (χ2n) is 4.94. The van der Waals surface area contributed by atoms with Crippen molar-refractivity contribution in [3.63, 3.8) is 0 Å². The molecule has 0 fully saturated rings. The second-order valence-corrected chi connectivity index (χ2v) is 5.38. The quantitative estimate of drug-likeness (QED) is 0.841. The van der Waals surface area contributed by atoms with E-state index in [2.05, 4.69) is 5.32 Å². The third-order valence-electron chi connectivity index (χ3n) is 3.92. The molecule has 0 aliphatic carbocycles. The molecule has 0 radical (unpaired) electrons. The van der Waals surface area contributed by atoms with Crippen LogP contribution in [0.15, 0.2) is 24.3 Å². The molecule has 106 valence electrons. The van der Waals surface area contributed by atoms with Gasteiger partial charge in [-0.1, -0.05) is 37.6 Å². The van der Waals surface area contributed by atoms with Crippen LogP contribution in [-0.2, 0) is 4.79 Å². The van der Waals surface area contributed by atoms with Gasteiger partial charge < -0.3 is 11.1 Å². The summed E-state index contributed by atoms with van der Waals surface area (Å²) in [4.78, 5) is 12.4. The summed E-state index contributed by atoms with van der Waals surface area (Å²) in [6.07, 6.45) is 1.49. The first kappa shape index (κ1) is 16.0. The fourth-order valence-electron chi connectivity index (χ4n) is 2.16. The first-order valence-electron chi connectivity index (χ1n) is 6.75. The summed E-state index contributed by atoms with van der Waals surface area (Å²) in [5, 5.41) is 3.72. The first-order chi connectivity index (χ1) is 8.99. The van der Waals surface area contributed by atoms with Gasteiger partial charge in [-0.2, -0.15) is 0 Å². The van der Waals surface area contributed by atoms with Crippen molar-refractivity contribution >= 4 is 17.5 Å². The summed E-state index contributed by atoms with van der Waals surface area (Å²) < 4.78 is 0. The van der Waals surface area contributed by atoms with Gasteiger partial charge in [0.2, 0.25) is 5.91 Å². The highest BCUT2D eigenvalue weighted by molar-refractivity contribution is 6.30. The summed E-state index contributed by atoms with van der Waals surface area (Å²) >= 11 is 5.96. The van der Waals surface area contributed by atoms with E-state index in [4.69, 9.17) is 17.3 Å². The van der Waals surface area contributed by atoms with Crippen LogP contribution in [0.3, 0.4) is 0 Å². The molecule has 0 bridgehead atoms. The fourth-order valence-corrected chi connectivity index (χ4v) is 2.36. The molecule has 19 heavy (non-hydrogen) atoms. The average Bonchev–Trinajstić information content (AvgIpc) is 2.41. The summed E-state index contributed by atoms with van der Waals surface area (Å²) in [5.74, 6) is 0.0208. The molecule has 1 atom stereocenters. The Labute approximate surface area is 120 Å². The molecule has 0 saturated heterocycles. The first-order valence-corrected chi connectivity index (χ1v) is 7.13. The summed E-state index contributed by atoms with van der Waals surface area (Å²) in [5.41, 5.74) is 6.32. The number of amides is 1. The van der Waals surface area contributed by atoms with Gasteiger partial charge >= 0.3 is 0 Å². The summed E-state index contributed by atoms with van der Waals surface area (Å²) in [6, 6.07) is 7.46. The molecule has 1 amide bonds. The van der Waals surface area contributed by atoms with E-state index >= 15 is 0 Å². The Morgan fingerprint density at radius 1 is 1.42 bits per heavy atom. The van der Waals surface area contributed by atoms with Crippen LogP contribution >= 0.6 is 11.6 Å². The molecule has 3 nitrogen and oxygen atoms in total. The van der Waals surface area contributed by atoms with Crippen LogP contribution in [0.25, 0.3) is 0 Å². The lowest BCUT2D eigenvalue weighted by Crippen LogP contribution is -2.46. The molecule has 1 aromatic carbocycles. The van der Waals surface area contributed by atoms with Gasteiger partial charge in [0, 0.05) is 11.6 Å². The molecule has 0 saturated carbocycles. The molecular weight excluding hydrogens is 260 g/mol. The zero-order valence-electron chi connectivity index (χ0n) is 11.9. The van der Waals surface area contributed by atoms with Crippen LogP contribution < -0.4 is 11.1 Å². The van der Waals surface area contributed by atoms with Crippen LogP contribution in [0, 0.1) is 5.41 Å². The monoisotopic (exact) mass is 282 g/mol. The molecule has 0 aromatic heterocycles. The maximum Gasteiger partial charge on any atom is 0.227 e. The van der Waals surface area contributed by atoms with E-state index in [1.807, 2.05) is 45.0 Å². The number of hydrogen-bond donors (Lipinski definition) is 2. The van der Waals surface area contributed by atoms with Crippen LogP contribution in [0.2, 0.25) is 5.02 Å². The summed E-state index contributed by atoms with van der Waals surface area (Å²) in [6.45, 7) is 6.32. The van der Waals surface area contributed by atoms with Crippen molar-refractivity contribution in [2.24, 2.45) is 11.1 Å². The number of hydrogen-bond acceptors (Lipinski definition) is 2. The Kier molecular flexibility index (Phi) is 5.83. The lowest BCUT2D eigenvalue weighted by Gasteiger charge is -2.30. The molecule has 1 rings (SSSR count). The smallest absolute Gasteiger partial charge is 0.227 e. The Bertz CT molecular complexity index is 422. The van der Waals surface area contributed by atoms with Gasteiger partial charge in [-0.15, -0.1) is 0 Å². The topological polar surface area (TPSA) is 55.1 Å². The van der Waals surface area contributed by atoms with Crippen molar-refractivity contribution in [1.82, 2.24) is 5.32 Å². The van der Waals surface area contributed by atoms with Gasteiger partial charge in [0.1, 0.15) is 0 Å². The minimum Gasteiger partial charge on any atom is -0.349 e. The van der Waals surface area contributed by atoms with Gasteiger partial charge in [0.25, 0.3) is 0 Å². The van der Waals surface area contributed by atoms with Crippen molar-refractivity contribution < 1.29 is 4.79 Å². The SMILES string of the molecule is CCC(CC)(CN)C(=O)NC(C)c1cccc(Cl)c1. The van der Waals surface area contributed by atoms with E-state index in [9.17, 15) is 4.79 Å². The molecule has 0 spiro atoms. The van der Waals surface area contributed by atoms with Crippen molar-refractivity contribution in [1.29, 1.82) is 0 Å². The minimum atomic E-state index is -0.465. The largest absolute Gasteiger partial charge is 0.349 e. The Morgan fingerprint density at radius 2 is 2.05 bits per heavy atom. The molecular formula is C15H23ClN2O. The Morgan fingerprint density at radius 3 is 2.53 bits per heavy atom. The zero-order chi connectivity index (χ0) is 14.5. The van der Waals surface area contributed by atoms with Crippen LogP contribution in [0.5, 0.6) is 0 Å². The number of nitrogens with two attached hydrogens (primary N) is 1. The molecule has 1 aromatic rings. The van der Waals surface area contributed by atoms with Crippen LogP contribution in [0.1, 0.15) is 45.2 Å². The van der Waals surface area contributed by atoms with Crippen molar-refractivity contribution in [3.8, 4) is 0 Å². The van der Waals surface area contributed by atoms with Gasteiger partial charge in [0.05, 0.1) is 11.5 Å². The van der Waals surface area contributed by atoms with E-state index in [-0.39, 0.29) is 11.9 Å². The Balaban J connectivity index is 2.81. The van der Waals surface area contributed by atoms with E-state index in [0.29, 0.717) is 11.6 Å².